The van der Waals surface area contributed by atoms with Gasteiger partial charge in [-0.1, -0.05) is 13.8 Å². The molecular formula is C12H18BrNS. The Morgan fingerprint density at radius 3 is 2.87 bits per heavy atom. The zero-order valence-electron chi connectivity index (χ0n) is 9.29. The van der Waals surface area contributed by atoms with Crippen LogP contribution in [0.2, 0.25) is 0 Å². The van der Waals surface area contributed by atoms with Crippen LogP contribution in [0, 0.1) is 5.41 Å². The molecule has 1 saturated carbocycles. The highest BCUT2D eigenvalue weighted by Crippen LogP contribution is 2.49. The molecule has 0 spiro atoms. The normalized spacial score (nSPS) is 30.4. The summed E-state index contributed by atoms with van der Waals surface area (Å²) in [6, 6.07) is 2.54. The van der Waals surface area contributed by atoms with Gasteiger partial charge in [0.2, 0.25) is 0 Å². The molecule has 1 aromatic heterocycles. The van der Waals surface area contributed by atoms with E-state index in [0.29, 0.717) is 17.4 Å². The number of hydrogen-bond donors (Lipinski definition) is 1. The number of halogens is 1. The van der Waals surface area contributed by atoms with Gasteiger partial charge in [-0.15, -0.1) is 11.3 Å². The Bertz CT molecular complexity index is 345. The molecule has 0 bridgehead atoms. The molecule has 0 aliphatic heterocycles. The lowest BCUT2D eigenvalue weighted by molar-refractivity contribution is 0.185. The molecule has 2 atom stereocenters. The van der Waals surface area contributed by atoms with Crippen molar-refractivity contribution in [3.63, 3.8) is 0 Å². The topological polar surface area (TPSA) is 26.0 Å². The van der Waals surface area contributed by atoms with Gasteiger partial charge >= 0.3 is 0 Å². The van der Waals surface area contributed by atoms with Gasteiger partial charge in [-0.05, 0) is 52.1 Å². The first kappa shape index (κ1) is 11.6. The van der Waals surface area contributed by atoms with Crippen LogP contribution in [-0.2, 0) is 0 Å². The molecule has 2 rings (SSSR count). The molecule has 1 nitrogen and oxygen atoms in total. The van der Waals surface area contributed by atoms with Crippen LogP contribution in [-0.4, -0.2) is 6.04 Å². The average Bonchev–Trinajstić information content (AvgIpc) is 2.56. The largest absolute Gasteiger partial charge is 0.328 e. The van der Waals surface area contributed by atoms with Crippen molar-refractivity contribution in [2.45, 2.75) is 45.1 Å². The van der Waals surface area contributed by atoms with Crippen LogP contribution < -0.4 is 5.73 Å². The zero-order valence-corrected chi connectivity index (χ0v) is 11.7. The second-order valence-corrected chi connectivity index (χ2v) is 7.01. The summed E-state index contributed by atoms with van der Waals surface area (Å²) >= 11 is 5.50. The summed E-state index contributed by atoms with van der Waals surface area (Å²) in [4.78, 5) is 1.48. The quantitative estimate of drug-likeness (QED) is 0.826. The first-order chi connectivity index (χ1) is 7.00. The van der Waals surface area contributed by atoms with E-state index in [9.17, 15) is 0 Å². The van der Waals surface area contributed by atoms with Crippen molar-refractivity contribution in [3.05, 3.63) is 20.8 Å². The van der Waals surface area contributed by atoms with E-state index in [-0.39, 0.29) is 0 Å². The maximum Gasteiger partial charge on any atom is 0.0317 e. The summed E-state index contributed by atoms with van der Waals surface area (Å²) < 4.78 is 1.26. The van der Waals surface area contributed by atoms with Gasteiger partial charge in [0, 0.05) is 21.3 Å². The molecule has 0 aromatic carbocycles. The highest BCUT2D eigenvalue weighted by molar-refractivity contribution is 9.10. The van der Waals surface area contributed by atoms with Crippen molar-refractivity contribution >= 4 is 27.3 Å². The summed E-state index contributed by atoms with van der Waals surface area (Å²) in [5, 5.41) is 2.16. The molecule has 0 radical (unpaired) electrons. The zero-order chi connectivity index (χ0) is 11.1. The summed E-state index contributed by atoms with van der Waals surface area (Å²) in [5.41, 5.74) is 6.48. The monoisotopic (exact) mass is 287 g/mol. The first-order valence-electron chi connectivity index (χ1n) is 5.49. The van der Waals surface area contributed by atoms with E-state index in [2.05, 4.69) is 41.2 Å². The van der Waals surface area contributed by atoms with Crippen molar-refractivity contribution in [3.8, 4) is 0 Å². The fraction of sp³-hybridized carbons (Fsp3) is 0.667. The molecule has 2 N–H and O–H groups in total. The molecule has 1 aromatic rings. The number of rotatable bonds is 1. The Labute approximate surface area is 104 Å². The van der Waals surface area contributed by atoms with Gasteiger partial charge < -0.3 is 5.73 Å². The van der Waals surface area contributed by atoms with Gasteiger partial charge in [0.25, 0.3) is 0 Å². The molecule has 15 heavy (non-hydrogen) atoms. The van der Waals surface area contributed by atoms with E-state index in [0.717, 1.165) is 6.42 Å². The molecule has 1 heterocycles. The SMILES string of the molecule is CC1(C)CCC(N)CC1c1sccc1Br. The molecule has 1 fully saturated rings. The first-order valence-corrected chi connectivity index (χ1v) is 7.16. The second-order valence-electron chi connectivity index (χ2n) is 5.21. The Hall–Kier alpha value is 0.140. The molecule has 1 aliphatic rings. The third-order valence-electron chi connectivity index (χ3n) is 3.60. The van der Waals surface area contributed by atoms with Crippen molar-refractivity contribution in [1.82, 2.24) is 0 Å². The van der Waals surface area contributed by atoms with Crippen molar-refractivity contribution in [2.75, 3.05) is 0 Å². The average molecular weight is 288 g/mol. The minimum atomic E-state index is 0.386. The summed E-state index contributed by atoms with van der Waals surface area (Å²) in [6.45, 7) is 4.74. The van der Waals surface area contributed by atoms with E-state index in [4.69, 9.17) is 5.73 Å². The van der Waals surface area contributed by atoms with E-state index in [1.165, 1.54) is 22.2 Å². The molecular weight excluding hydrogens is 270 g/mol. The standard InChI is InChI=1S/C12H18BrNS/c1-12(2)5-3-8(14)7-9(12)11-10(13)4-6-15-11/h4,6,8-9H,3,5,7,14H2,1-2H3. The van der Waals surface area contributed by atoms with Gasteiger partial charge in [0.1, 0.15) is 0 Å². The van der Waals surface area contributed by atoms with Crippen molar-refractivity contribution < 1.29 is 0 Å². The Balaban J connectivity index is 2.29. The summed E-state index contributed by atoms with van der Waals surface area (Å²) in [6.07, 6.45) is 3.54. The van der Waals surface area contributed by atoms with Crippen LogP contribution in [0.4, 0.5) is 0 Å². The Morgan fingerprint density at radius 1 is 1.53 bits per heavy atom. The summed E-state index contributed by atoms with van der Waals surface area (Å²) in [7, 11) is 0. The predicted molar refractivity (Wildman–Crippen MR) is 70.4 cm³/mol. The van der Waals surface area contributed by atoms with E-state index in [1.807, 2.05) is 11.3 Å². The number of hydrogen-bond acceptors (Lipinski definition) is 2. The third kappa shape index (κ3) is 2.29. The van der Waals surface area contributed by atoms with Gasteiger partial charge in [-0.25, -0.2) is 0 Å². The Kier molecular flexibility index (Phi) is 3.25. The predicted octanol–water partition coefficient (Wildman–Crippen LogP) is 4.13. The molecule has 2 unspecified atom stereocenters. The molecule has 84 valence electrons. The molecule has 0 saturated heterocycles. The van der Waals surface area contributed by atoms with Crippen LogP contribution in [0.1, 0.15) is 43.9 Å². The van der Waals surface area contributed by atoms with E-state index in [1.54, 1.807) is 0 Å². The van der Waals surface area contributed by atoms with E-state index < -0.39 is 0 Å². The lowest BCUT2D eigenvalue weighted by atomic mass is 9.67. The van der Waals surface area contributed by atoms with Crippen molar-refractivity contribution in [1.29, 1.82) is 0 Å². The minimum absolute atomic E-state index is 0.386. The minimum Gasteiger partial charge on any atom is -0.328 e. The number of thiophene rings is 1. The third-order valence-corrected chi connectivity index (χ3v) is 5.59. The van der Waals surface area contributed by atoms with Gasteiger partial charge in [0.05, 0.1) is 0 Å². The Morgan fingerprint density at radius 2 is 2.27 bits per heavy atom. The number of nitrogens with two attached hydrogens (primary N) is 1. The van der Waals surface area contributed by atoms with Gasteiger partial charge in [-0.3, -0.25) is 0 Å². The highest BCUT2D eigenvalue weighted by Gasteiger charge is 2.37. The highest BCUT2D eigenvalue weighted by atomic mass is 79.9. The summed E-state index contributed by atoms with van der Waals surface area (Å²) in [5.74, 6) is 0.621. The van der Waals surface area contributed by atoms with Crippen molar-refractivity contribution in [2.24, 2.45) is 11.1 Å². The van der Waals surface area contributed by atoms with Crippen LogP contribution >= 0.6 is 27.3 Å². The maximum atomic E-state index is 6.09. The van der Waals surface area contributed by atoms with Crippen LogP contribution in [0.15, 0.2) is 15.9 Å². The lowest BCUT2D eigenvalue weighted by Crippen LogP contribution is -2.36. The molecule has 0 amide bonds. The smallest absolute Gasteiger partial charge is 0.0317 e. The fourth-order valence-electron chi connectivity index (χ4n) is 2.49. The van der Waals surface area contributed by atoms with Crippen LogP contribution in [0.25, 0.3) is 0 Å². The van der Waals surface area contributed by atoms with Gasteiger partial charge in [-0.2, -0.15) is 0 Å². The maximum absolute atomic E-state index is 6.09. The van der Waals surface area contributed by atoms with Crippen LogP contribution in [0.3, 0.4) is 0 Å². The second kappa shape index (κ2) is 4.19. The molecule has 1 aliphatic carbocycles. The lowest BCUT2D eigenvalue weighted by Gasteiger charge is -2.41. The van der Waals surface area contributed by atoms with Gasteiger partial charge in [0.15, 0.2) is 0 Å². The van der Waals surface area contributed by atoms with E-state index >= 15 is 0 Å². The molecule has 3 heteroatoms. The van der Waals surface area contributed by atoms with Crippen LogP contribution in [0.5, 0.6) is 0 Å². The fourth-order valence-corrected chi connectivity index (χ4v) is 4.46.